The molecule has 1 aliphatic rings. The van der Waals surface area contributed by atoms with Crippen LogP contribution < -0.4 is 15.0 Å². The SMILES string of the molecule is C=CCOc1ccc(C=C2C(=O)NC(=O)N(c3cc(C(F)(F)F)ccc3Cl)C2=O)cc1. The minimum absolute atomic E-state index is 0.270. The van der Waals surface area contributed by atoms with E-state index in [1.165, 1.54) is 6.08 Å². The van der Waals surface area contributed by atoms with Gasteiger partial charge in [0.15, 0.2) is 0 Å². The van der Waals surface area contributed by atoms with Crippen molar-refractivity contribution in [1.29, 1.82) is 0 Å². The number of amides is 4. The Bertz CT molecular complexity index is 1090. The van der Waals surface area contributed by atoms with E-state index < -0.39 is 40.8 Å². The van der Waals surface area contributed by atoms with E-state index in [1.807, 2.05) is 5.32 Å². The van der Waals surface area contributed by atoms with Crippen LogP contribution in [0.25, 0.3) is 6.08 Å². The van der Waals surface area contributed by atoms with Crippen molar-refractivity contribution < 1.29 is 32.3 Å². The highest BCUT2D eigenvalue weighted by Crippen LogP contribution is 2.36. The fraction of sp³-hybridized carbons (Fsp3) is 0.0952. The zero-order chi connectivity index (χ0) is 22.8. The number of alkyl halides is 3. The highest BCUT2D eigenvalue weighted by atomic mass is 35.5. The van der Waals surface area contributed by atoms with Crippen LogP contribution in [0.5, 0.6) is 5.75 Å². The summed E-state index contributed by atoms with van der Waals surface area (Å²) in [5.41, 5.74) is -1.63. The van der Waals surface area contributed by atoms with Gasteiger partial charge in [0.1, 0.15) is 17.9 Å². The minimum Gasteiger partial charge on any atom is -0.490 e. The summed E-state index contributed by atoms with van der Waals surface area (Å²) >= 11 is 5.95. The molecule has 0 spiro atoms. The van der Waals surface area contributed by atoms with Gasteiger partial charge in [-0.1, -0.05) is 36.4 Å². The van der Waals surface area contributed by atoms with Crippen LogP contribution in [-0.4, -0.2) is 24.5 Å². The number of urea groups is 1. The first kappa shape index (κ1) is 22.1. The molecule has 0 unspecified atom stereocenters. The molecular formula is C21H14ClF3N2O4. The van der Waals surface area contributed by atoms with Crippen molar-refractivity contribution >= 4 is 41.2 Å². The second-order valence-electron chi connectivity index (χ2n) is 6.29. The number of barbiturate groups is 1. The molecule has 4 amide bonds. The molecule has 1 N–H and O–H groups in total. The predicted octanol–water partition coefficient (Wildman–Crippen LogP) is 4.59. The summed E-state index contributed by atoms with van der Waals surface area (Å²) in [6, 6.07) is 7.30. The number of carbonyl (C=O) groups is 3. The molecule has 1 heterocycles. The third-order valence-corrected chi connectivity index (χ3v) is 4.49. The summed E-state index contributed by atoms with van der Waals surface area (Å²) in [6.45, 7) is 3.82. The third kappa shape index (κ3) is 4.77. The van der Waals surface area contributed by atoms with E-state index in [9.17, 15) is 27.6 Å². The molecule has 160 valence electrons. The molecule has 31 heavy (non-hydrogen) atoms. The molecule has 0 atom stereocenters. The molecule has 6 nitrogen and oxygen atoms in total. The zero-order valence-corrected chi connectivity index (χ0v) is 16.5. The van der Waals surface area contributed by atoms with E-state index in [0.717, 1.165) is 12.1 Å². The molecule has 2 aromatic carbocycles. The van der Waals surface area contributed by atoms with Crippen molar-refractivity contribution in [2.24, 2.45) is 0 Å². The Balaban J connectivity index is 1.98. The van der Waals surface area contributed by atoms with E-state index in [-0.39, 0.29) is 11.6 Å². The van der Waals surface area contributed by atoms with Gasteiger partial charge in [0.25, 0.3) is 11.8 Å². The second-order valence-corrected chi connectivity index (χ2v) is 6.70. The maximum atomic E-state index is 13.1. The fourth-order valence-corrected chi connectivity index (χ4v) is 2.92. The van der Waals surface area contributed by atoms with Crippen molar-refractivity contribution in [3.63, 3.8) is 0 Å². The van der Waals surface area contributed by atoms with E-state index in [0.29, 0.717) is 22.3 Å². The molecule has 0 saturated carbocycles. The van der Waals surface area contributed by atoms with E-state index >= 15 is 0 Å². The average molecular weight is 451 g/mol. The third-order valence-electron chi connectivity index (χ3n) is 4.17. The molecule has 3 rings (SSSR count). The predicted molar refractivity (Wildman–Crippen MR) is 108 cm³/mol. The van der Waals surface area contributed by atoms with Gasteiger partial charge >= 0.3 is 12.2 Å². The number of halogens is 4. The zero-order valence-electron chi connectivity index (χ0n) is 15.7. The number of hydrogen-bond acceptors (Lipinski definition) is 4. The van der Waals surface area contributed by atoms with Gasteiger partial charge < -0.3 is 4.74 Å². The van der Waals surface area contributed by atoms with Crippen LogP contribution in [0.2, 0.25) is 5.02 Å². The highest BCUT2D eigenvalue weighted by molar-refractivity contribution is 6.42. The lowest BCUT2D eigenvalue weighted by atomic mass is 10.1. The molecule has 0 aliphatic carbocycles. The van der Waals surface area contributed by atoms with Crippen molar-refractivity contribution in [3.8, 4) is 5.75 Å². The summed E-state index contributed by atoms with van der Waals surface area (Å²) in [6.07, 6.45) is -1.96. The van der Waals surface area contributed by atoms with Crippen LogP contribution in [0, 0.1) is 0 Å². The Hall–Kier alpha value is -3.59. The van der Waals surface area contributed by atoms with Crippen molar-refractivity contribution in [1.82, 2.24) is 5.32 Å². The van der Waals surface area contributed by atoms with Gasteiger partial charge in [0.05, 0.1) is 16.3 Å². The second kappa shape index (κ2) is 8.65. The summed E-state index contributed by atoms with van der Waals surface area (Å²) in [5.74, 6) is -1.57. The summed E-state index contributed by atoms with van der Waals surface area (Å²) in [4.78, 5) is 37.7. The smallest absolute Gasteiger partial charge is 0.416 e. The lowest BCUT2D eigenvalue weighted by Gasteiger charge is -2.27. The molecule has 0 bridgehead atoms. The number of nitrogens with zero attached hydrogens (tertiary/aromatic N) is 1. The Morgan fingerprint density at radius 1 is 1.10 bits per heavy atom. The summed E-state index contributed by atoms with van der Waals surface area (Å²) in [7, 11) is 0. The largest absolute Gasteiger partial charge is 0.490 e. The maximum absolute atomic E-state index is 13.1. The first-order valence-corrected chi connectivity index (χ1v) is 9.11. The van der Waals surface area contributed by atoms with Crippen molar-refractivity contribution in [2.45, 2.75) is 6.18 Å². The van der Waals surface area contributed by atoms with E-state index in [1.54, 1.807) is 30.3 Å². The Morgan fingerprint density at radius 3 is 2.39 bits per heavy atom. The highest BCUT2D eigenvalue weighted by Gasteiger charge is 2.39. The molecule has 1 aliphatic heterocycles. The van der Waals surface area contributed by atoms with Gasteiger partial charge in [-0.3, -0.25) is 14.9 Å². The topological polar surface area (TPSA) is 75.7 Å². The lowest BCUT2D eigenvalue weighted by molar-refractivity contribution is -0.137. The number of rotatable bonds is 5. The average Bonchev–Trinajstić information content (AvgIpc) is 2.70. The normalized spacial score (nSPS) is 15.8. The molecular weight excluding hydrogens is 437 g/mol. The summed E-state index contributed by atoms with van der Waals surface area (Å²) in [5, 5.41) is 1.67. The standard InChI is InChI=1S/C21H14ClF3N2O4/c1-2-9-31-14-6-3-12(4-7-14)10-15-18(28)26-20(30)27(19(15)29)17-11-13(21(23,24)25)5-8-16(17)22/h2-8,10-11H,1,9H2,(H,26,28,30). The van der Waals surface area contributed by atoms with Gasteiger partial charge in [-0.15, -0.1) is 0 Å². The van der Waals surface area contributed by atoms with Crippen LogP contribution in [0.3, 0.4) is 0 Å². The van der Waals surface area contributed by atoms with Crippen LogP contribution in [0.1, 0.15) is 11.1 Å². The number of ether oxygens (including phenoxy) is 1. The van der Waals surface area contributed by atoms with Crippen molar-refractivity contribution in [2.75, 3.05) is 11.5 Å². The van der Waals surface area contributed by atoms with Crippen LogP contribution >= 0.6 is 11.6 Å². The molecule has 0 radical (unpaired) electrons. The van der Waals surface area contributed by atoms with Gasteiger partial charge in [-0.05, 0) is 42.0 Å². The minimum atomic E-state index is -4.72. The summed E-state index contributed by atoms with van der Waals surface area (Å²) < 4.78 is 44.5. The Morgan fingerprint density at radius 2 is 1.77 bits per heavy atom. The van der Waals surface area contributed by atoms with E-state index in [4.69, 9.17) is 16.3 Å². The number of anilines is 1. The van der Waals surface area contributed by atoms with Gasteiger partial charge in [0, 0.05) is 0 Å². The van der Waals surface area contributed by atoms with Gasteiger partial charge in [-0.25, -0.2) is 9.69 Å². The lowest BCUT2D eigenvalue weighted by Crippen LogP contribution is -2.54. The number of benzene rings is 2. The maximum Gasteiger partial charge on any atom is 0.416 e. The van der Waals surface area contributed by atoms with Gasteiger partial charge in [0.2, 0.25) is 0 Å². The Labute approximate surface area is 179 Å². The monoisotopic (exact) mass is 450 g/mol. The first-order valence-electron chi connectivity index (χ1n) is 8.74. The van der Waals surface area contributed by atoms with Crippen LogP contribution in [-0.2, 0) is 15.8 Å². The van der Waals surface area contributed by atoms with Crippen LogP contribution in [0.4, 0.5) is 23.7 Å². The number of nitrogens with one attached hydrogen (secondary N) is 1. The van der Waals surface area contributed by atoms with Gasteiger partial charge in [-0.2, -0.15) is 13.2 Å². The van der Waals surface area contributed by atoms with Crippen LogP contribution in [0.15, 0.2) is 60.7 Å². The molecule has 2 aromatic rings. The quantitative estimate of drug-likeness (QED) is 0.411. The first-order chi connectivity index (χ1) is 14.6. The number of carbonyl (C=O) groups excluding carboxylic acids is 3. The fourth-order valence-electron chi connectivity index (χ4n) is 2.72. The molecule has 1 fully saturated rings. The molecule has 10 heteroatoms. The van der Waals surface area contributed by atoms with E-state index in [2.05, 4.69) is 6.58 Å². The van der Waals surface area contributed by atoms with Crippen molar-refractivity contribution in [3.05, 3.63) is 76.8 Å². The Kier molecular flexibility index (Phi) is 6.16. The molecule has 0 aromatic heterocycles. The number of imide groups is 2. The number of hydrogen-bond donors (Lipinski definition) is 1. The molecule has 1 saturated heterocycles.